The summed E-state index contributed by atoms with van der Waals surface area (Å²) in [6, 6.07) is 0.481. The molecule has 0 aromatic heterocycles. The fraction of sp³-hybridized carbons (Fsp3) is 0.909. The van der Waals surface area contributed by atoms with Crippen molar-refractivity contribution in [2.24, 2.45) is 0 Å². The van der Waals surface area contributed by atoms with Gasteiger partial charge in [0.15, 0.2) is 0 Å². The van der Waals surface area contributed by atoms with Crippen molar-refractivity contribution in [2.75, 3.05) is 41.3 Å². The first-order valence-corrected chi connectivity index (χ1v) is 5.51. The number of hydrogen-bond donors (Lipinski definition) is 1. The summed E-state index contributed by atoms with van der Waals surface area (Å²) in [6.07, 6.45) is 1.55. The molecule has 0 aliphatic heterocycles. The van der Waals surface area contributed by atoms with Crippen LogP contribution in [-0.4, -0.2) is 63.0 Å². The number of rotatable bonds is 7. The van der Waals surface area contributed by atoms with E-state index >= 15 is 0 Å². The van der Waals surface area contributed by atoms with Crippen LogP contribution in [0, 0.1) is 0 Å². The number of carbonyl (C=O) groups excluding carboxylic acids is 1. The second-order valence-corrected chi connectivity index (χ2v) is 4.51. The molecule has 1 atom stereocenters. The molecular formula is C11H25N3O. The van der Waals surface area contributed by atoms with Gasteiger partial charge in [-0.3, -0.25) is 4.79 Å². The summed E-state index contributed by atoms with van der Waals surface area (Å²) in [7, 11) is 7.72. The standard InChI is InChI=1S/C11H25N3O/c1-10(9-13(2)3)12-8-6-7-11(15)14(4)5/h10,12H,6-9H2,1-5H3. The Morgan fingerprint density at radius 2 is 1.87 bits per heavy atom. The van der Waals surface area contributed by atoms with Crippen LogP contribution >= 0.6 is 0 Å². The molecule has 0 radical (unpaired) electrons. The monoisotopic (exact) mass is 215 g/mol. The van der Waals surface area contributed by atoms with E-state index in [1.54, 1.807) is 19.0 Å². The van der Waals surface area contributed by atoms with Gasteiger partial charge in [0.1, 0.15) is 0 Å². The molecule has 90 valence electrons. The molecule has 0 aliphatic carbocycles. The van der Waals surface area contributed by atoms with Crippen molar-refractivity contribution in [3.8, 4) is 0 Å². The predicted molar refractivity (Wildman–Crippen MR) is 63.9 cm³/mol. The first-order chi connectivity index (χ1) is 6.93. The SMILES string of the molecule is CC(CN(C)C)NCCCC(=O)N(C)C. The molecule has 1 N–H and O–H groups in total. The van der Waals surface area contributed by atoms with E-state index in [0.717, 1.165) is 19.5 Å². The Morgan fingerprint density at radius 1 is 1.27 bits per heavy atom. The van der Waals surface area contributed by atoms with E-state index in [-0.39, 0.29) is 5.91 Å². The average Bonchev–Trinajstić information content (AvgIpc) is 2.10. The Morgan fingerprint density at radius 3 is 2.33 bits per heavy atom. The molecule has 1 amide bonds. The van der Waals surface area contributed by atoms with Crippen molar-refractivity contribution in [1.29, 1.82) is 0 Å². The van der Waals surface area contributed by atoms with E-state index in [0.29, 0.717) is 12.5 Å². The van der Waals surface area contributed by atoms with Crippen molar-refractivity contribution in [3.05, 3.63) is 0 Å². The zero-order valence-electron chi connectivity index (χ0n) is 10.7. The number of nitrogens with one attached hydrogen (secondary N) is 1. The van der Waals surface area contributed by atoms with Crippen molar-refractivity contribution < 1.29 is 4.79 Å². The Kier molecular flexibility index (Phi) is 7.34. The molecule has 0 fully saturated rings. The quantitative estimate of drug-likeness (QED) is 0.624. The van der Waals surface area contributed by atoms with Gasteiger partial charge >= 0.3 is 0 Å². The lowest BCUT2D eigenvalue weighted by Gasteiger charge is -2.18. The summed E-state index contributed by atoms with van der Waals surface area (Å²) in [6.45, 7) is 4.10. The molecule has 0 saturated carbocycles. The number of nitrogens with zero attached hydrogens (tertiary/aromatic N) is 2. The van der Waals surface area contributed by atoms with E-state index in [1.165, 1.54) is 0 Å². The summed E-state index contributed by atoms with van der Waals surface area (Å²) in [5, 5.41) is 3.40. The van der Waals surface area contributed by atoms with Crippen molar-refractivity contribution >= 4 is 5.91 Å². The third kappa shape index (κ3) is 8.39. The molecule has 0 aliphatic rings. The summed E-state index contributed by atoms with van der Waals surface area (Å²) in [5.74, 6) is 0.206. The highest BCUT2D eigenvalue weighted by Crippen LogP contribution is 1.93. The maximum absolute atomic E-state index is 11.3. The van der Waals surface area contributed by atoms with Gasteiger partial charge in [0, 0.05) is 33.1 Å². The summed E-state index contributed by atoms with van der Waals surface area (Å²) in [4.78, 5) is 15.1. The first-order valence-electron chi connectivity index (χ1n) is 5.51. The minimum absolute atomic E-state index is 0.206. The third-order valence-electron chi connectivity index (χ3n) is 2.20. The molecule has 0 bridgehead atoms. The highest BCUT2D eigenvalue weighted by molar-refractivity contribution is 5.75. The summed E-state index contributed by atoms with van der Waals surface area (Å²) < 4.78 is 0. The van der Waals surface area contributed by atoms with Crippen LogP contribution < -0.4 is 5.32 Å². The Hall–Kier alpha value is -0.610. The highest BCUT2D eigenvalue weighted by atomic mass is 16.2. The van der Waals surface area contributed by atoms with Crippen LogP contribution in [0.4, 0.5) is 0 Å². The minimum atomic E-state index is 0.206. The van der Waals surface area contributed by atoms with Gasteiger partial charge in [-0.05, 0) is 34.0 Å². The number of likely N-dealkylation sites (N-methyl/N-ethyl adjacent to an activating group) is 1. The van der Waals surface area contributed by atoms with E-state index in [2.05, 4.69) is 31.2 Å². The van der Waals surface area contributed by atoms with E-state index in [1.807, 2.05) is 0 Å². The fourth-order valence-corrected chi connectivity index (χ4v) is 1.42. The van der Waals surface area contributed by atoms with Gasteiger partial charge in [-0.15, -0.1) is 0 Å². The lowest BCUT2D eigenvalue weighted by atomic mass is 10.2. The largest absolute Gasteiger partial charge is 0.349 e. The van der Waals surface area contributed by atoms with Gasteiger partial charge in [0.05, 0.1) is 0 Å². The normalized spacial score (nSPS) is 12.9. The third-order valence-corrected chi connectivity index (χ3v) is 2.20. The molecule has 1 unspecified atom stereocenters. The molecular weight excluding hydrogens is 190 g/mol. The zero-order valence-corrected chi connectivity index (χ0v) is 10.7. The van der Waals surface area contributed by atoms with Crippen LogP contribution in [0.25, 0.3) is 0 Å². The molecule has 0 spiro atoms. The average molecular weight is 215 g/mol. The van der Waals surface area contributed by atoms with Crippen LogP contribution in [0.3, 0.4) is 0 Å². The van der Waals surface area contributed by atoms with Gasteiger partial charge in [-0.25, -0.2) is 0 Å². The van der Waals surface area contributed by atoms with Gasteiger partial charge in [-0.1, -0.05) is 0 Å². The second-order valence-electron chi connectivity index (χ2n) is 4.51. The summed E-state index contributed by atoms with van der Waals surface area (Å²) in [5.41, 5.74) is 0. The Bertz CT molecular complexity index is 181. The number of amides is 1. The molecule has 0 rings (SSSR count). The van der Waals surface area contributed by atoms with Gasteiger partial charge in [-0.2, -0.15) is 0 Å². The van der Waals surface area contributed by atoms with E-state index in [4.69, 9.17) is 0 Å². The van der Waals surface area contributed by atoms with Crippen LogP contribution in [0.1, 0.15) is 19.8 Å². The fourth-order valence-electron chi connectivity index (χ4n) is 1.42. The van der Waals surface area contributed by atoms with Crippen LogP contribution in [0.2, 0.25) is 0 Å². The van der Waals surface area contributed by atoms with Crippen LogP contribution in [0.15, 0.2) is 0 Å². The Balaban J connectivity index is 3.42. The smallest absolute Gasteiger partial charge is 0.222 e. The Labute approximate surface area is 93.6 Å². The molecule has 4 heteroatoms. The minimum Gasteiger partial charge on any atom is -0.349 e. The molecule has 0 heterocycles. The molecule has 0 aromatic rings. The molecule has 15 heavy (non-hydrogen) atoms. The molecule has 0 saturated heterocycles. The van der Waals surface area contributed by atoms with Crippen molar-refractivity contribution in [3.63, 3.8) is 0 Å². The predicted octanol–water partition coefficient (Wildman–Crippen LogP) is 0.395. The first kappa shape index (κ1) is 14.4. The maximum atomic E-state index is 11.3. The lowest BCUT2D eigenvalue weighted by Crippen LogP contribution is -2.36. The number of hydrogen-bond acceptors (Lipinski definition) is 3. The van der Waals surface area contributed by atoms with Gasteiger partial charge in [0.2, 0.25) is 5.91 Å². The van der Waals surface area contributed by atoms with Crippen LogP contribution in [-0.2, 0) is 4.79 Å². The zero-order chi connectivity index (χ0) is 11.8. The van der Waals surface area contributed by atoms with Crippen molar-refractivity contribution in [1.82, 2.24) is 15.1 Å². The van der Waals surface area contributed by atoms with E-state index in [9.17, 15) is 4.79 Å². The van der Waals surface area contributed by atoms with Gasteiger partial charge < -0.3 is 15.1 Å². The second kappa shape index (κ2) is 7.65. The molecule has 4 nitrogen and oxygen atoms in total. The maximum Gasteiger partial charge on any atom is 0.222 e. The highest BCUT2D eigenvalue weighted by Gasteiger charge is 2.05. The van der Waals surface area contributed by atoms with Crippen molar-refractivity contribution in [2.45, 2.75) is 25.8 Å². The van der Waals surface area contributed by atoms with Gasteiger partial charge in [0.25, 0.3) is 0 Å². The van der Waals surface area contributed by atoms with Crippen LogP contribution in [0.5, 0.6) is 0 Å². The number of carbonyl (C=O) groups is 1. The topological polar surface area (TPSA) is 35.6 Å². The van der Waals surface area contributed by atoms with E-state index < -0.39 is 0 Å². The molecule has 0 aromatic carbocycles. The summed E-state index contributed by atoms with van der Waals surface area (Å²) >= 11 is 0. The lowest BCUT2D eigenvalue weighted by molar-refractivity contribution is -0.128.